The van der Waals surface area contributed by atoms with Crippen molar-refractivity contribution in [2.45, 2.75) is 79.1 Å². The van der Waals surface area contributed by atoms with Crippen LogP contribution < -0.4 is 10.6 Å². The summed E-state index contributed by atoms with van der Waals surface area (Å²) in [5.74, 6) is -1.44. The van der Waals surface area contributed by atoms with Crippen LogP contribution in [0.1, 0.15) is 65.3 Å². The van der Waals surface area contributed by atoms with Crippen LogP contribution in [0.4, 0.5) is 4.39 Å². The van der Waals surface area contributed by atoms with Crippen LogP contribution in [0.2, 0.25) is 0 Å². The predicted molar refractivity (Wildman–Crippen MR) is 151 cm³/mol. The quantitative estimate of drug-likeness (QED) is 0.429. The Morgan fingerprint density at radius 1 is 1.15 bits per heavy atom. The number of alkyl halides is 1. The van der Waals surface area contributed by atoms with Crippen LogP contribution in [-0.4, -0.2) is 64.1 Å². The Kier molecular flexibility index (Phi) is 9.88. The molecule has 0 radical (unpaired) electrons. The van der Waals surface area contributed by atoms with Gasteiger partial charge in [-0.05, 0) is 29.4 Å². The van der Waals surface area contributed by atoms with Gasteiger partial charge in [0.15, 0.2) is 0 Å². The average Bonchev–Trinajstić information content (AvgIpc) is 3.49. The van der Waals surface area contributed by atoms with Crippen molar-refractivity contribution in [2.75, 3.05) is 13.2 Å². The molecule has 1 aromatic heterocycles. The fourth-order valence-electron chi connectivity index (χ4n) is 4.62. The molecular weight excluding hydrogens is 519 g/mol. The highest BCUT2D eigenvalue weighted by Gasteiger charge is 2.45. The number of hydrogen-bond donors (Lipinski definition) is 3. The van der Waals surface area contributed by atoms with Crippen LogP contribution >= 0.6 is 11.3 Å². The molecule has 39 heavy (non-hydrogen) atoms. The lowest BCUT2D eigenvalue weighted by Crippen LogP contribution is -2.58. The summed E-state index contributed by atoms with van der Waals surface area (Å²) in [5.41, 5.74) is 3.59. The van der Waals surface area contributed by atoms with E-state index in [9.17, 15) is 23.9 Å². The number of benzene rings is 1. The molecule has 2 aromatic rings. The summed E-state index contributed by atoms with van der Waals surface area (Å²) >= 11 is 1.52. The molecule has 0 spiro atoms. The maximum atomic E-state index is 14.1. The second-order valence-electron chi connectivity index (χ2n) is 11.8. The minimum Gasteiger partial charge on any atom is -0.391 e. The van der Waals surface area contributed by atoms with Gasteiger partial charge >= 0.3 is 0 Å². The molecule has 5 atom stereocenters. The highest BCUT2D eigenvalue weighted by Crippen LogP contribution is 2.30. The highest BCUT2D eigenvalue weighted by atomic mass is 32.1. The lowest BCUT2D eigenvalue weighted by molar-refractivity contribution is -0.144. The molecule has 0 bridgehead atoms. The normalized spacial score (nSPS) is 20.0. The number of likely N-dealkylation sites (tertiary alicyclic amines) is 1. The summed E-state index contributed by atoms with van der Waals surface area (Å²) in [4.78, 5) is 46.5. The minimum atomic E-state index is -0.982. The van der Waals surface area contributed by atoms with Crippen LogP contribution in [0.5, 0.6) is 0 Å². The van der Waals surface area contributed by atoms with Crippen molar-refractivity contribution in [2.24, 2.45) is 17.3 Å². The second-order valence-corrected chi connectivity index (χ2v) is 12.7. The molecule has 1 aliphatic heterocycles. The molecule has 1 fully saturated rings. The summed E-state index contributed by atoms with van der Waals surface area (Å²) in [6.45, 7) is 12.3. The largest absolute Gasteiger partial charge is 0.391 e. The molecule has 8 nitrogen and oxygen atoms in total. The van der Waals surface area contributed by atoms with Crippen LogP contribution in [0.3, 0.4) is 0 Å². The Hall–Kier alpha value is -2.85. The first kappa shape index (κ1) is 30.7. The number of carbonyl (C=O) groups is 3. The summed E-state index contributed by atoms with van der Waals surface area (Å²) in [5, 5.41) is 16.0. The van der Waals surface area contributed by atoms with Gasteiger partial charge in [0.2, 0.25) is 17.7 Å². The van der Waals surface area contributed by atoms with Gasteiger partial charge in [-0.25, -0.2) is 9.37 Å². The van der Waals surface area contributed by atoms with E-state index in [1.165, 1.54) is 16.2 Å². The number of amides is 3. The van der Waals surface area contributed by atoms with Gasteiger partial charge < -0.3 is 20.6 Å². The number of halogens is 1. The zero-order valence-corrected chi connectivity index (χ0v) is 24.6. The Balaban J connectivity index is 1.77. The van der Waals surface area contributed by atoms with Crippen LogP contribution in [-0.2, 0) is 14.4 Å². The average molecular weight is 561 g/mol. The van der Waals surface area contributed by atoms with Crippen molar-refractivity contribution < 1.29 is 23.9 Å². The number of β-amino-alcohol motifs (C(OH)–C–C–N with tert-alkyl or cyclic N) is 1. The van der Waals surface area contributed by atoms with Crippen LogP contribution in [0.15, 0.2) is 29.8 Å². The van der Waals surface area contributed by atoms with Crippen molar-refractivity contribution in [3.8, 4) is 10.4 Å². The number of rotatable bonds is 9. The standard InChI is InChI=1S/C29H41FN4O4S/c1-16(2)17(3)26(36)33-25(29(5,6)7)28(38)34-14-21(35)12-23(34)27(37)32-22(13-30)19-8-10-20(11-9-19)24-18(4)31-15-39-24/h8-11,15-17,21-23,25,35H,12-14H2,1-7H3,(H,32,37)(H,33,36). The molecule has 5 unspecified atom stereocenters. The van der Waals surface area contributed by atoms with Gasteiger partial charge in [0.1, 0.15) is 18.8 Å². The molecule has 3 amide bonds. The molecule has 0 saturated carbocycles. The number of thiazole rings is 1. The number of aromatic nitrogens is 1. The highest BCUT2D eigenvalue weighted by molar-refractivity contribution is 7.13. The van der Waals surface area contributed by atoms with E-state index in [4.69, 9.17) is 0 Å². The van der Waals surface area contributed by atoms with Crippen molar-refractivity contribution in [3.63, 3.8) is 0 Å². The molecule has 1 aliphatic rings. The fourth-order valence-corrected chi connectivity index (χ4v) is 5.43. The first-order chi connectivity index (χ1) is 18.2. The van der Waals surface area contributed by atoms with Crippen LogP contribution in [0, 0.1) is 24.2 Å². The summed E-state index contributed by atoms with van der Waals surface area (Å²) < 4.78 is 14.1. The monoisotopic (exact) mass is 560 g/mol. The SMILES string of the molecule is Cc1ncsc1-c1ccc(C(CF)NC(=O)C2CC(O)CN2C(=O)C(NC(=O)C(C)C(C)C)C(C)(C)C)cc1. The minimum absolute atomic E-state index is 0.0351. The maximum Gasteiger partial charge on any atom is 0.246 e. The van der Waals surface area contributed by atoms with Gasteiger partial charge in [0, 0.05) is 18.9 Å². The number of nitrogens with zero attached hydrogens (tertiary/aromatic N) is 2. The molecule has 2 heterocycles. The summed E-state index contributed by atoms with van der Waals surface area (Å²) in [6, 6.07) is 4.49. The van der Waals surface area contributed by atoms with Crippen LogP contribution in [0.25, 0.3) is 10.4 Å². The van der Waals surface area contributed by atoms with E-state index >= 15 is 0 Å². The first-order valence-electron chi connectivity index (χ1n) is 13.4. The number of aliphatic hydroxyl groups excluding tert-OH is 1. The van der Waals surface area contributed by atoms with E-state index in [2.05, 4.69) is 15.6 Å². The molecule has 10 heteroatoms. The lowest BCUT2D eigenvalue weighted by atomic mass is 9.84. The zero-order chi connectivity index (χ0) is 29.1. The van der Waals surface area contributed by atoms with Gasteiger partial charge in [0.05, 0.1) is 28.2 Å². The second kappa shape index (κ2) is 12.6. The van der Waals surface area contributed by atoms with Gasteiger partial charge in [0.25, 0.3) is 0 Å². The van der Waals surface area contributed by atoms with Crippen molar-refractivity contribution in [1.29, 1.82) is 0 Å². The zero-order valence-electron chi connectivity index (χ0n) is 23.8. The third kappa shape index (κ3) is 7.22. The molecule has 1 aromatic carbocycles. The Bertz CT molecular complexity index is 1160. The molecule has 3 N–H and O–H groups in total. The Morgan fingerprint density at radius 2 is 1.79 bits per heavy atom. The van der Waals surface area contributed by atoms with E-state index in [-0.39, 0.29) is 30.7 Å². The van der Waals surface area contributed by atoms with E-state index in [0.717, 1.165) is 16.1 Å². The van der Waals surface area contributed by atoms with Gasteiger partial charge in [-0.15, -0.1) is 11.3 Å². The number of aliphatic hydroxyl groups is 1. The molecule has 1 saturated heterocycles. The molecule has 214 valence electrons. The van der Waals surface area contributed by atoms with E-state index in [1.54, 1.807) is 17.6 Å². The predicted octanol–water partition coefficient (Wildman–Crippen LogP) is 4.03. The van der Waals surface area contributed by atoms with E-state index in [1.807, 2.05) is 60.6 Å². The topological polar surface area (TPSA) is 112 Å². The number of nitrogens with one attached hydrogen (secondary N) is 2. The smallest absolute Gasteiger partial charge is 0.246 e. The van der Waals surface area contributed by atoms with Crippen molar-refractivity contribution >= 4 is 29.1 Å². The number of hydrogen-bond acceptors (Lipinski definition) is 6. The van der Waals surface area contributed by atoms with Gasteiger partial charge in [-0.3, -0.25) is 14.4 Å². The lowest BCUT2D eigenvalue weighted by Gasteiger charge is -2.36. The third-order valence-corrected chi connectivity index (χ3v) is 8.45. The van der Waals surface area contributed by atoms with Crippen molar-refractivity contribution in [1.82, 2.24) is 20.5 Å². The third-order valence-electron chi connectivity index (χ3n) is 7.47. The Labute approximate surface area is 234 Å². The fraction of sp³-hybridized carbons (Fsp3) is 0.586. The van der Waals surface area contributed by atoms with Gasteiger partial charge in [-0.2, -0.15) is 0 Å². The molecule has 0 aliphatic carbocycles. The van der Waals surface area contributed by atoms with E-state index in [0.29, 0.717) is 5.56 Å². The summed E-state index contributed by atoms with van der Waals surface area (Å²) in [7, 11) is 0. The molecular formula is C29H41FN4O4S. The number of aryl methyl sites for hydroxylation is 1. The Morgan fingerprint density at radius 3 is 2.31 bits per heavy atom. The first-order valence-corrected chi connectivity index (χ1v) is 14.3. The van der Waals surface area contributed by atoms with E-state index < -0.39 is 48.1 Å². The number of carbonyl (C=O) groups excluding carboxylic acids is 3. The maximum absolute atomic E-state index is 14.1. The van der Waals surface area contributed by atoms with Crippen molar-refractivity contribution in [3.05, 3.63) is 41.0 Å². The summed E-state index contributed by atoms with van der Waals surface area (Å²) in [6.07, 6.45) is -0.866. The molecule has 3 rings (SSSR count). The van der Waals surface area contributed by atoms with Gasteiger partial charge in [-0.1, -0.05) is 65.8 Å².